The Hall–Kier alpha value is -1.78. The quantitative estimate of drug-likeness (QED) is 0.796. The molecule has 3 rings (SSSR count). The number of pyridine rings is 1. The van der Waals surface area contributed by atoms with Gasteiger partial charge in [0.05, 0.1) is 11.9 Å². The van der Waals surface area contributed by atoms with Crippen LogP contribution in [-0.4, -0.2) is 22.1 Å². The largest absolute Gasteiger partial charge is 0.478 e. The minimum atomic E-state index is -0.997. The first-order chi connectivity index (χ1) is 9.74. The molecule has 2 bridgehead atoms. The van der Waals surface area contributed by atoms with Gasteiger partial charge in [0.2, 0.25) is 0 Å². The lowest BCUT2D eigenvalue weighted by Crippen LogP contribution is -2.46. The Morgan fingerprint density at radius 2 is 2.19 bits per heavy atom. The molecule has 3 atom stereocenters. The van der Waals surface area contributed by atoms with Crippen LogP contribution in [0.2, 0.25) is 0 Å². The third-order valence-electron chi connectivity index (χ3n) is 5.69. The maximum atomic E-state index is 11.4. The van der Waals surface area contributed by atoms with Crippen LogP contribution in [-0.2, 0) is 0 Å². The number of nitrogens with two attached hydrogens (primary N) is 1. The number of aromatic nitrogens is 1. The molecule has 4 N–H and O–H groups in total. The van der Waals surface area contributed by atoms with Gasteiger partial charge in [-0.3, -0.25) is 0 Å². The highest BCUT2D eigenvalue weighted by Crippen LogP contribution is 2.63. The zero-order valence-electron chi connectivity index (χ0n) is 12.8. The van der Waals surface area contributed by atoms with E-state index in [1.165, 1.54) is 31.5 Å². The molecule has 5 nitrogen and oxygen atoms in total. The molecule has 0 amide bonds. The van der Waals surface area contributed by atoms with E-state index >= 15 is 0 Å². The van der Waals surface area contributed by atoms with Gasteiger partial charge in [0.1, 0.15) is 11.4 Å². The van der Waals surface area contributed by atoms with Crippen molar-refractivity contribution in [2.45, 2.75) is 46.1 Å². The summed E-state index contributed by atoms with van der Waals surface area (Å²) in [5.41, 5.74) is 6.54. The van der Waals surface area contributed by atoms with Gasteiger partial charge in [-0.15, -0.1) is 0 Å². The number of hydrogen-bond donors (Lipinski definition) is 3. The number of aromatic carboxylic acids is 1. The molecule has 0 radical (unpaired) electrons. The number of carbonyl (C=O) groups is 1. The highest BCUT2D eigenvalue weighted by atomic mass is 16.4. The third-order valence-corrected chi connectivity index (χ3v) is 5.69. The van der Waals surface area contributed by atoms with E-state index in [9.17, 15) is 9.90 Å². The van der Waals surface area contributed by atoms with Crippen molar-refractivity contribution in [1.29, 1.82) is 0 Å². The molecule has 21 heavy (non-hydrogen) atoms. The monoisotopic (exact) mass is 289 g/mol. The minimum absolute atomic E-state index is 0.145. The molecule has 114 valence electrons. The van der Waals surface area contributed by atoms with Crippen molar-refractivity contribution in [3.63, 3.8) is 0 Å². The summed E-state index contributed by atoms with van der Waals surface area (Å²) in [4.78, 5) is 15.6. The van der Waals surface area contributed by atoms with E-state index < -0.39 is 5.97 Å². The summed E-state index contributed by atoms with van der Waals surface area (Å²) in [6, 6.07) is 1.71. The van der Waals surface area contributed by atoms with E-state index in [0.717, 1.165) is 0 Å². The number of anilines is 2. The van der Waals surface area contributed by atoms with Crippen LogP contribution < -0.4 is 11.1 Å². The van der Waals surface area contributed by atoms with Gasteiger partial charge in [-0.05, 0) is 42.1 Å². The summed E-state index contributed by atoms with van der Waals surface area (Å²) >= 11 is 0. The molecule has 0 saturated heterocycles. The Morgan fingerprint density at radius 3 is 2.76 bits per heavy atom. The molecule has 2 fully saturated rings. The van der Waals surface area contributed by atoms with Crippen LogP contribution in [0.25, 0.3) is 0 Å². The lowest BCUT2D eigenvalue weighted by molar-refractivity contribution is 0.0697. The average molecular weight is 289 g/mol. The first-order valence-corrected chi connectivity index (χ1v) is 7.49. The van der Waals surface area contributed by atoms with Crippen LogP contribution in [0.3, 0.4) is 0 Å². The van der Waals surface area contributed by atoms with Crippen LogP contribution in [0.1, 0.15) is 50.4 Å². The zero-order valence-corrected chi connectivity index (χ0v) is 12.8. The lowest BCUT2D eigenvalue weighted by Gasteiger charge is -2.43. The van der Waals surface area contributed by atoms with Gasteiger partial charge in [-0.25, -0.2) is 9.78 Å². The van der Waals surface area contributed by atoms with Crippen molar-refractivity contribution in [1.82, 2.24) is 4.98 Å². The van der Waals surface area contributed by atoms with Gasteiger partial charge in [-0.1, -0.05) is 20.8 Å². The molecule has 2 aliphatic carbocycles. The third kappa shape index (κ3) is 2.06. The maximum Gasteiger partial charge on any atom is 0.339 e. The minimum Gasteiger partial charge on any atom is -0.478 e. The molecule has 2 aliphatic rings. The Bertz CT molecular complexity index is 594. The standard InChI is InChI=1S/C16H23N3O2/c1-15(2)9-4-5-16(3,7-9)14(15)19-12-11(13(20)21)6-10(17)8-18-12/h6,8-9,14H,4-5,7,17H2,1-3H3,(H,18,19)(H,20,21). The summed E-state index contributed by atoms with van der Waals surface area (Å²) in [6.45, 7) is 6.85. The molecule has 1 aromatic rings. The molecular weight excluding hydrogens is 266 g/mol. The molecular formula is C16H23N3O2. The Morgan fingerprint density at radius 1 is 1.48 bits per heavy atom. The number of carboxylic acid groups (broad SMARTS) is 1. The van der Waals surface area contributed by atoms with Gasteiger partial charge in [0.25, 0.3) is 0 Å². The number of carboxylic acids is 1. The van der Waals surface area contributed by atoms with Gasteiger partial charge in [-0.2, -0.15) is 0 Å². The normalized spacial score (nSPS) is 33.1. The van der Waals surface area contributed by atoms with Gasteiger partial charge >= 0.3 is 5.97 Å². The SMILES string of the molecule is CC12CCC(C1)C(C)(C)C2Nc1ncc(N)cc1C(=O)O. The molecule has 5 heteroatoms. The van der Waals surface area contributed by atoms with Crippen molar-refractivity contribution in [2.75, 3.05) is 11.1 Å². The first kappa shape index (κ1) is 14.2. The van der Waals surface area contributed by atoms with Gasteiger partial charge in [0, 0.05) is 6.04 Å². The van der Waals surface area contributed by atoms with Gasteiger partial charge < -0.3 is 16.2 Å². The van der Waals surface area contributed by atoms with Crippen LogP contribution in [0.4, 0.5) is 11.5 Å². The smallest absolute Gasteiger partial charge is 0.339 e. The maximum absolute atomic E-state index is 11.4. The molecule has 0 aromatic carbocycles. The fraction of sp³-hybridized carbons (Fsp3) is 0.625. The predicted octanol–water partition coefficient (Wildman–Crippen LogP) is 2.99. The molecule has 1 aromatic heterocycles. The molecule has 0 spiro atoms. The van der Waals surface area contributed by atoms with Crippen LogP contribution in [0.15, 0.2) is 12.3 Å². The number of nitrogen functional groups attached to an aromatic ring is 1. The van der Waals surface area contributed by atoms with Crippen LogP contribution in [0.5, 0.6) is 0 Å². The second-order valence-corrected chi connectivity index (χ2v) is 7.46. The number of rotatable bonds is 3. The summed E-state index contributed by atoms with van der Waals surface area (Å²) in [5, 5.41) is 12.8. The summed E-state index contributed by atoms with van der Waals surface area (Å²) in [7, 11) is 0. The van der Waals surface area contributed by atoms with Crippen LogP contribution in [0, 0.1) is 16.7 Å². The molecule has 0 aliphatic heterocycles. The highest BCUT2D eigenvalue weighted by Gasteiger charge is 2.59. The van der Waals surface area contributed by atoms with Crippen molar-refractivity contribution < 1.29 is 9.90 Å². The van der Waals surface area contributed by atoms with Crippen LogP contribution >= 0.6 is 0 Å². The number of nitrogens with one attached hydrogen (secondary N) is 1. The molecule has 3 unspecified atom stereocenters. The number of hydrogen-bond acceptors (Lipinski definition) is 4. The first-order valence-electron chi connectivity index (χ1n) is 7.49. The summed E-state index contributed by atoms with van der Waals surface area (Å²) in [6.07, 6.45) is 5.17. The average Bonchev–Trinajstić information content (AvgIpc) is 2.87. The van der Waals surface area contributed by atoms with E-state index in [0.29, 0.717) is 17.4 Å². The predicted molar refractivity (Wildman–Crippen MR) is 82.2 cm³/mol. The van der Waals surface area contributed by atoms with E-state index in [1.807, 2.05) is 0 Å². The molecule has 2 saturated carbocycles. The highest BCUT2D eigenvalue weighted by molar-refractivity contribution is 5.94. The Kier molecular flexibility index (Phi) is 2.94. The Balaban J connectivity index is 1.96. The Labute approximate surface area is 124 Å². The van der Waals surface area contributed by atoms with Crippen molar-refractivity contribution in [3.05, 3.63) is 17.8 Å². The number of nitrogens with zero attached hydrogens (tertiary/aromatic N) is 1. The van der Waals surface area contributed by atoms with E-state index in [1.54, 1.807) is 0 Å². The molecule has 1 heterocycles. The van der Waals surface area contributed by atoms with Gasteiger partial charge in [0.15, 0.2) is 0 Å². The van der Waals surface area contributed by atoms with E-state index in [2.05, 4.69) is 31.1 Å². The van der Waals surface area contributed by atoms with E-state index in [4.69, 9.17) is 5.73 Å². The topological polar surface area (TPSA) is 88.2 Å². The zero-order chi connectivity index (χ0) is 15.4. The summed E-state index contributed by atoms with van der Waals surface area (Å²) < 4.78 is 0. The fourth-order valence-corrected chi connectivity index (χ4v) is 4.56. The second-order valence-electron chi connectivity index (χ2n) is 7.46. The fourth-order valence-electron chi connectivity index (χ4n) is 4.56. The second kappa shape index (κ2) is 4.36. The lowest BCUT2D eigenvalue weighted by atomic mass is 9.68. The van der Waals surface area contributed by atoms with Crippen molar-refractivity contribution >= 4 is 17.5 Å². The van der Waals surface area contributed by atoms with Crippen molar-refractivity contribution in [2.24, 2.45) is 16.7 Å². The summed E-state index contributed by atoms with van der Waals surface area (Å²) in [5.74, 6) is 0.133. The van der Waals surface area contributed by atoms with Crippen molar-refractivity contribution in [3.8, 4) is 0 Å². The number of fused-ring (bicyclic) bond motifs is 2. The van der Waals surface area contributed by atoms with E-state index in [-0.39, 0.29) is 22.4 Å².